The molecule has 0 spiro atoms. The van der Waals surface area contributed by atoms with Crippen LogP contribution in [0.5, 0.6) is 0 Å². The van der Waals surface area contributed by atoms with E-state index in [-0.39, 0.29) is 5.69 Å². The highest BCUT2D eigenvalue weighted by atomic mass is 16.5. The maximum absolute atomic E-state index is 11.4. The fraction of sp³-hybridized carbons (Fsp3) is 0.286. The number of benzene rings is 1. The second-order valence-electron chi connectivity index (χ2n) is 4.10. The second kappa shape index (κ2) is 6.04. The third kappa shape index (κ3) is 3.58. The first kappa shape index (κ1) is 13.1. The molecule has 0 aliphatic heterocycles. The molecular weight excluding hydrogens is 244 g/mol. The summed E-state index contributed by atoms with van der Waals surface area (Å²) in [5.74, 6) is -0.477. The summed E-state index contributed by atoms with van der Waals surface area (Å²) in [4.78, 5) is 15.4. The molecule has 19 heavy (non-hydrogen) atoms. The van der Waals surface area contributed by atoms with E-state index in [9.17, 15) is 4.79 Å². The number of aryl methyl sites for hydroxylation is 1. The molecule has 1 N–H and O–H groups in total. The summed E-state index contributed by atoms with van der Waals surface area (Å²) >= 11 is 0. The van der Waals surface area contributed by atoms with Crippen LogP contribution < -0.4 is 5.32 Å². The van der Waals surface area contributed by atoms with Crippen LogP contribution in [-0.2, 0) is 11.3 Å². The SMILES string of the molecule is CCOC(=O)c1coc(NCc2ccc(C)cc2)n1. The lowest BCUT2D eigenvalue weighted by atomic mass is 10.1. The molecule has 0 fully saturated rings. The molecule has 0 atom stereocenters. The summed E-state index contributed by atoms with van der Waals surface area (Å²) in [6.07, 6.45) is 1.29. The Morgan fingerprint density at radius 1 is 1.37 bits per heavy atom. The zero-order valence-electron chi connectivity index (χ0n) is 11.0. The number of hydrogen-bond acceptors (Lipinski definition) is 5. The highest BCUT2D eigenvalue weighted by Crippen LogP contribution is 2.11. The van der Waals surface area contributed by atoms with Crippen molar-refractivity contribution in [1.29, 1.82) is 0 Å². The molecule has 100 valence electrons. The van der Waals surface area contributed by atoms with Gasteiger partial charge >= 0.3 is 5.97 Å². The van der Waals surface area contributed by atoms with E-state index in [1.54, 1.807) is 6.92 Å². The number of carbonyl (C=O) groups excluding carboxylic acids is 1. The Morgan fingerprint density at radius 3 is 2.79 bits per heavy atom. The summed E-state index contributed by atoms with van der Waals surface area (Å²) in [7, 11) is 0. The summed E-state index contributed by atoms with van der Waals surface area (Å²) in [6, 6.07) is 8.44. The Balaban J connectivity index is 1.93. The number of carbonyl (C=O) groups is 1. The van der Waals surface area contributed by atoms with Crippen LogP contribution in [-0.4, -0.2) is 17.6 Å². The number of ether oxygens (including phenoxy) is 1. The molecule has 5 nitrogen and oxygen atoms in total. The lowest BCUT2D eigenvalue weighted by molar-refractivity contribution is 0.0519. The van der Waals surface area contributed by atoms with Crippen molar-refractivity contribution in [2.75, 3.05) is 11.9 Å². The topological polar surface area (TPSA) is 64.4 Å². The number of rotatable bonds is 5. The standard InChI is InChI=1S/C14H16N2O3/c1-3-18-13(17)12-9-19-14(16-12)15-8-11-6-4-10(2)5-7-11/h4-7,9H,3,8H2,1-2H3,(H,15,16). The lowest BCUT2D eigenvalue weighted by Gasteiger charge is -2.02. The Morgan fingerprint density at radius 2 is 2.11 bits per heavy atom. The fourth-order valence-electron chi connectivity index (χ4n) is 1.54. The third-order valence-electron chi connectivity index (χ3n) is 2.55. The molecule has 2 aromatic rings. The van der Waals surface area contributed by atoms with Crippen LogP contribution in [0.15, 0.2) is 34.9 Å². The zero-order valence-corrected chi connectivity index (χ0v) is 11.0. The van der Waals surface area contributed by atoms with Crippen LogP contribution in [0.3, 0.4) is 0 Å². The van der Waals surface area contributed by atoms with Crippen LogP contribution in [0.1, 0.15) is 28.5 Å². The van der Waals surface area contributed by atoms with Gasteiger partial charge in [0, 0.05) is 6.54 Å². The third-order valence-corrected chi connectivity index (χ3v) is 2.55. The van der Waals surface area contributed by atoms with Gasteiger partial charge in [0.1, 0.15) is 6.26 Å². The highest BCUT2D eigenvalue weighted by Gasteiger charge is 2.12. The van der Waals surface area contributed by atoms with E-state index < -0.39 is 5.97 Å². The van der Waals surface area contributed by atoms with Crippen molar-refractivity contribution in [2.24, 2.45) is 0 Å². The first-order valence-electron chi connectivity index (χ1n) is 6.11. The molecule has 0 radical (unpaired) electrons. The molecule has 5 heteroatoms. The van der Waals surface area contributed by atoms with E-state index in [2.05, 4.69) is 10.3 Å². The van der Waals surface area contributed by atoms with Gasteiger partial charge in [-0.25, -0.2) is 4.79 Å². The molecule has 0 aliphatic rings. The van der Waals surface area contributed by atoms with Gasteiger partial charge < -0.3 is 14.5 Å². The van der Waals surface area contributed by atoms with Crippen LogP contribution in [0.25, 0.3) is 0 Å². The molecule has 2 rings (SSSR count). The van der Waals surface area contributed by atoms with Crippen LogP contribution in [0.4, 0.5) is 6.01 Å². The number of hydrogen-bond donors (Lipinski definition) is 1. The number of oxazole rings is 1. The molecular formula is C14H16N2O3. The zero-order chi connectivity index (χ0) is 13.7. The van der Waals surface area contributed by atoms with E-state index in [0.717, 1.165) is 5.56 Å². The van der Waals surface area contributed by atoms with E-state index in [0.29, 0.717) is 19.2 Å². The summed E-state index contributed by atoms with van der Waals surface area (Å²) in [6.45, 7) is 4.69. The summed E-state index contributed by atoms with van der Waals surface area (Å²) in [5, 5.41) is 3.01. The second-order valence-corrected chi connectivity index (χ2v) is 4.10. The van der Waals surface area contributed by atoms with Gasteiger partial charge in [-0.15, -0.1) is 0 Å². The first-order valence-corrected chi connectivity index (χ1v) is 6.11. The van der Waals surface area contributed by atoms with Crippen molar-refractivity contribution in [3.63, 3.8) is 0 Å². The van der Waals surface area contributed by atoms with Gasteiger partial charge in [0.15, 0.2) is 5.69 Å². The minimum absolute atomic E-state index is 0.174. The van der Waals surface area contributed by atoms with E-state index in [1.807, 2.05) is 31.2 Å². The Kier molecular flexibility index (Phi) is 4.18. The maximum atomic E-state index is 11.4. The number of nitrogens with zero attached hydrogens (tertiary/aromatic N) is 1. The predicted molar refractivity (Wildman–Crippen MR) is 71.0 cm³/mol. The van der Waals surface area contributed by atoms with Crippen molar-refractivity contribution in [1.82, 2.24) is 4.98 Å². The maximum Gasteiger partial charge on any atom is 0.360 e. The smallest absolute Gasteiger partial charge is 0.360 e. The lowest BCUT2D eigenvalue weighted by Crippen LogP contribution is -2.05. The Hall–Kier alpha value is -2.30. The van der Waals surface area contributed by atoms with E-state index in [1.165, 1.54) is 11.8 Å². The fourth-order valence-corrected chi connectivity index (χ4v) is 1.54. The van der Waals surface area contributed by atoms with Crippen LogP contribution in [0.2, 0.25) is 0 Å². The van der Waals surface area contributed by atoms with Crippen molar-refractivity contribution in [3.8, 4) is 0 Å². The molecule has 0 bridgehead atoms. The molecule has 0 amide bonds. The van der Waals surface area contributed by atoms with Crippen molar-refractivity contribution in [3.05, 3.63) is 47.3 Å². The predicted octanol–water partition coefficient (Wildman–Crippen LogP) is 2.77. The first-order chi connectivity index (χ1) is 9.19. The van der Waals surface area contributed by atoms with Gasteiger partial charge in [0.25, 0.3) is 6.01 Å². The number of nitrogens with one attached hydrogen (secondary N) is 1. The normalized spacial score (nSPS) is 10.2. The monoisotopic (exact) mass is 260 g/mol. The summed E-state index contributed by atoms with van der Waals surface area (Å²) < 4.78 is 9.98. The van der Waals surface area contributed by atoms with E-state index >= 15 is 0 Å². The molecule has 1 aromatic carbocycles. The minimum Gasteiger partial charge on any atom is -0.461 e. The number of esters is 1. The number of anilines is 1. The molecule has 1 aromatic heterocycles. The highest BCUT2D eigenvalue weighted by molar-refractivity contribution is 5.87. The van der Waals surface area contributed by atoms with Gasteiger partial charge in [0.05, 0.1) is 6.61 Å². The largest absolute Gasteiger partial charge is 0.461 e. The Labute approximate surface area is 111 Å². The average Bonchev–Trinajstić information content (AvgIpc) is 2.87. The molecule has 0 saturated carbocycles. The van der Waals surface area contributed by atoms with Crippen molar-refractivity contribution in [2.45, 2.75) is 20.4 Å². The van der Waals surface area contributed by atoms with Gasteiger partial charge in [-0.1, -0.05) is 29.8 Å². The average molecular weight is 260 g/mol. The van der Waals surface area contributed by atoms with Gasteiger partial charge in [-0.3, -0.25) is 0 Å². The Bertz CT molecular complexity index is 546. The number of aromatic nitrogens is 1. The van der Waals surface area contributed by atoms with Gasteiger partial charge in [0.2, 0.25) is 0 Å². The molecule has 0 aliphatic carbocycles. The van der Waals surface area contributed by atoms with Crippen molar-refractivity contribution < 1.29 is 13.9 Å². The summed E-state index contributed by atoms with van der Waals surface area (Å²) in [5.41, 5.74) is 2.50. The molecule has 0 unspecified atom stereocenters. The van der Waals surface area contributed by atoms with Crippen LogP contribution >= 0.6 is 0 Å². The van der Waals surface area contributed by atoms with Gasteiger partial charge in [-0.05, 0) is 19.4 Å². The van der Waals surface area contributed by atoms with E-state index in [4.69, 9.17) is 9.15 Å². The minimum atomic E-state index is -0.477. The molecule has 0 saturated heterocycles. The van der Waals surface area contributed by atoms with Crippen LogP contribution in [0, 0.1) is 6.92 Å². The van der Waals surface area contributed by atoms with Gasteiger partial charge in [-0.2, -0.15) is 4.98 Å². The molecule has 1 heterocycles. The quantitative estimate of drug-likeness (QED) is 0.837. The van der Waals surface area contributed by atoms with Crippen molar-refractivity contribution >= 4 is 12.0 Å².